The molecule has 0 unspecified atom stereocenters. The third kappa shape index (κ3) is 5.66. The number of piperidine rings is 2. The second-order valence-corrected chi connectivity index (χ2v) is 7.97. The van der Waals surface area contributed by atoms with Crippen LogP contribution in [0.1, 0.15) is 48.9 Å². The SMILES string of the molecule is COCC1CCN(c2ccc(C(=O)NCC[C@H]3CCCCN3C)cn2)CC1. The Labute approximate surface area is 163 Å². The molecule has 0 aliphatic carbocycles. The number of hydrogen-bond acceptors (Lipinski definition) is 5. The standard InChI is InChI=1S/C21H34N4O2/c1-24-12-4-3-5-19(24)8-11-22-21(26)18-6-7-20(23-15-18)25-13-9-17(10-14-25)16-27-2/h6-7,15,17,19H,3-5,8-14,16H2,1-2H3,(H,22,26)/t19-/m1/s1. The maximum Gasteiger partial charge on any atom is 0.252 e. The summed E-state index contributed by atoms with van der Waals surface area (Å²) in [5.74, 6) is 1.59. The highest BCUT2D eigenvalue weighted by atomic mass is 16.5. The van der Waals surface area contributed by atoms with Crippen molar-refractivity contribution in [3.63, 3.8) is 0 Å². The molecule has 2 aliphatic rings. The molecule has 27 heavy (non-hydrogen) atoms. The number of nitrogens with one attached hydrogen (secondary N) is 1. The Balaban J connectivity index is 1.43. The highest BCUT2D eigenvalue weighted by molar-refractivity contribution is 5.94. The van der Waals surface area contributed by atoms with Crippen molar-refractivity contribution >= 4 is 11.7 Å². The first-order valence-electron chi connectivity index (χ1n) is 10.4. The molecule has 2 aliphatic heterocycles. The van der Waals surface area contributed by atoms with Crippen molar-refractivity contribution in [3.05, 3.63) is 23.9 Å². The maximum absolute atomic E-state index is 12.4. The summed E-state index contributed by atoms with van der Waals surface area (Å²) in [5.41, 5.74) is 0.644. The van der Waals surface area contributed by atoms with E-state index in [4.69, 9.17) is 4.74 Å². The van der Waals surface area contributed by atoms with Gasteiger partial charge >= 0.3 is 0 Å². The van der Waals surface area contributed by atoms with Crippen LogP contribution in [0.25, 0.3) is 0 Å². The third-order valence-electron chi connectivity index (χ3n) is 6.04. The van der Waals surface area contributed by atoms with Gasteiger partial charge in [0, 0.05) is 45.6 Å². The number of likely N-dealkylation sites (tertiary alicyclic amines) is 1. The van der Waals surface area contributed by atoms with Gasteiger partial charge in [-0.1, -0.05) is 6.42 Å². The number of aromatic nitrogens is 1. The molecule has 0 spiro atoms. The summed E-state index contributed by atoms with van der Waals surface area (Å²) in [6.45, 7) is 4.75. The zero-order valence-electron chi connectivity index (χ0n) is 16.8. The van der Waals surface area contributed by atoms with E-state index in [1.165, 1.54) is 25.8 Å². The number of carbonyl (C=O) groups is 1. The first kappa shape index (κ1) is 20.1. The topological polar surface area (TPSA) is 57.7 Å². The molecule has 6 heteroatoms. The first-order valence-corrected chi connectivity index (χ1v) is 10.4. The molecule has 0 saturated carbocycles. The number of ether oxygens (including phenoxy) is 1. The van der Waals surface area contributed by atoms with E-state index < -0.39 is 0 Å². The summed E-state index contributed by atoms with van der Waals surface area (Å²) in [4.78, 5) is 21.6. The largest absolute Gasteiger partial charge is 0.384 e. The normalized spacial score (nSPS) is 22.0. The number of nitrogens with zero attached hydrogens (tertiary/aromatic N) is 3. The number of methoxy groups -OCH3 is 1. The van der Waals surface area contributed by atoms with Crippen molar-refractivity contribution < 1.29 is 9.53 Å². The van der Waals surface area contributed by atoms with Gasteiger partial charge in [0.25, 0.3) is 5.91 Å². The Hall–Kier alpha value is -1.66. The van der Waals surface area contributed by atoms with Gasteiger partial charge in [0.1, 0.15) is 5.82 Å². The zero-order chi connectivity index (χ0) is 19.1. The van der Waals surface area contributed by atoms with Gasteiger partial charge in [-0.3, -0.25) is 4.79 Å². The van der Waals surface area contributed by atoms with Gasteiger partial charge in [-0.05, 0) is 63.7 Å². The van der Waals surface area contributed by atoms with E-state index in [1.807, 2.05) is 12.1 Å². The van der Waals surface area contributed by atoms with E-state index >= 15 is 0 Å². The van der Waals surface area contributed by atoms with Crippen molar-refractivity contribution in [1.82, 2.24) is 15.2 Å². The van der Waals surface area contributed by atoms with Gasteiger partial charge in [-0.25, -0.2) is 4.98 Å². The average Bonchev–Trinajstić information content (AvgIpc) is 2.70. The highest BCUT2D eigenvalue weighted by Gasteiger charge is 2.21. The van der Waals surface area contributed by atoms with Gasteiger partial charge < -0.3 is 19.9 Å². The molecular weight excluding hydrogens is 340 g/mol. The molecule has 150 valence electrons. The number of amides is 1. The second-order valence-electron chi connectivity index (χ2n) is 7.97. The van der Waals surface area contributed by atoms with E-state index in [0.717, 1.165) is 51.3 Å². The van der Waals surface area contributed by atoms with Crippen LogP contribution in [0, 0.1) is 5.92 Å². The van der Waals surface area contributed by atoms with E-state index in [1.54, 1.807) is 13.3 Å². The first-order chi connectivity index (χ1) is 13.2. The monoisotopic (exact) mass is 374 g/mol. The van der Waals surface area contributed by atoms with Crippen molar-refractivity contribution in [2.45, 2.75) is 44.6 Å². The van der Waals surface area contributed by atoms with Gasteiger partial charge in [-0.15, -0.1) is 0 Å². The predicted molar refractivity (Wildman–Crippen MR) is 108 cm³/mol. The predicted octanol–water partition coefficient (Wildman–Crippen LogP) is 2.55. The minimum Gasteiger partial charge on any atom is -0.384 e. The molecule has 1 N–H and O–H groups in total. The Morgan fingerprint density at radius 1 is 1.22 bits per heavy atom. The molecule has 2 fully saturated rings. The molecule has 1 aromatic heterocycles. The van der Waals surface area contributed by atoms with Crippen molar-refractivity contribution in [2.75, 3.05) is 51.8 Å². The molecule has 0 aromatic carbocycles. The molecule has 3 heterocycles. The summed E-state index contributed by atoms with van der Waals surface area (Å²) in [6, 6.07) is 4.46. The van der Waals surface area contributed by atoms with Crippen LogP contribution in [0.15, 0.2) is 18.3 Å². The van der Waals surface area contributed by atoms with Gasteiger partial charge in [0.15, 0.2) is 0 Å². The lowest BCUT2D eigenvalue weighted by Crippen LogP contribution is -2.39. The minimum absolute atomic E-state index is 0.0219. The number of rotatable bonds is 7. The smallest absolute Gasteiger partial charge is 0.252 e. The molecule has 6 nitrogen and oxygen atoms in total. The van der Waals surface area contributed by atoms with Crippen LogP contribution in [-0.2, 0) is 4.74 Å². The van der Waals surface area contributed by atoms with Crippen molar-refractivity contribution in [1.29, 1.82) is 0 Å². The van der Waals surface area contributed by atoms with Gasteiger partial charge in [-0.2, -0.15) is 0 Å². The molecule has 0 radical (unpaired) electrons. The summed E-state index contributed by atoms with van der Waals surface area (Å²) < 4.78 is 5.26. The second kappa shape index (κ2) is 10.0. The third-order valence-corrected chi connectivity index (χ3v) is 6.04. The fraction of sp³-hybridized carbons (Fsp3) is 0.714. The molecule has 3 rings (SSSR count). The Bertz CT molecular complexity index is 584. The maximum atomic E-state index is 12.4. The van der Waals surface area contributed by atoms with Crippen LogP contribution < -0.4 is 10.2 Å². The van der Waals surface area contributed by atoms with E-state index in [2.05, 4.69) is 27.1 Å². The van der Waals surface area contributed by atoms with Crippen molar-refractivity contribution in [2.24, 2.45) is 5.92 Å². The lowest BCUT2D eigenvalue weighted by atomic mass is 9.98. The Morgan fingerprint density at radius 3 is 2.70 bits per heavy atom. The lowest BCUT2D eigenvalue weighted by Gasteiger charge is -2.32. The molecular formula is C21H34N4O2. The zero-order valence-corrected chi connectivity index (χ0v) is 16.8. The van der Waals surface area contributed by atoms with E-state index in [9.17, 15) is 4.79 Å². The van der Waals surface area contributed by atoms with Crippen LogP contribution in [0.3, 0.4) is 0 Å². The van der Waals surface area contributed by atoms with E-state index in [0.29, 0.717) is 17.5 Å². The number of pyridine rings is 1. The summed E-state index contributed by atoms with van der Waals surface area (Å²) in [5, 5.41) is 3.05. The van der Waals surface area contributed by atoms with Crippen LogP contribution in [0.4, 0.5) is 5.82 Å². The van der Waals surface area contributed by atoms with Gasteiger partial charge in [0.05, 0.1) is 5.56 Å². The van der Waals surface area contributed by atoms with Crippen LogP contribution >= 0.6 is 0 Å². The molecule has 2 saturated heterocycles. The van der Waals surface area contributed by atoms with Crippen LogP contribution in [0.5, 0.6) is 0 Å². The number of anilines is 1. The highest BCUT2D eigenvalue weighted by Crippen LogP contribution is 2.22. The van der Waals surface area contributed by atoms with Crippen molar-refractivity contribution in [3.8, 4) is 0 Å². The lowest BCUT2D eigenvalue weighted by molar-refractivity contribution is 0.0945. The quantitative estimate of drug-likeness (QED) is 0.795. The summed E-state index contributed by atoms with van der Waals surface area (Å²) >= 11 is 0. The fourth-order valence-corrected chi connectivity index (χ4v) is 4.24. The number of carbonyl (C=O) groups excluding carboxylic acids is 1. The summed E-state index contributed by atoms with van der Waals surface area (Å²) in [7, 11) is 3.96. The fourth-order valence-electron chi connectivity index (χ4n) is 4.24. The van der Waals surface area contributed by atoms with Crippen LogP contribution in [-0.4, -0.2) is 68.8 Å². The minimum atomic E-state index is -0.0219. The molecule has 0 bridgehead atoms. The average molecular weight is 375 g/mol. The van der Waals surface area contributed by atoms with Crippen LogP contribution in [0.2, 0.25) is 0 Å². The van der Waals surface area contributed by atoms with Gasteiger partial charge in [0.2, 0.25) is 0 Å². The number of hydrogen-bond donors (Lipinski definition) is 1. The molecule has 1 amide bonds. The van der Waals surface area contributed by atoms with E-state index in [-0.39, 0.29) is 5.91 Å². The Kier molecular flexibility index (Phi) is 7.47. The molecule has 1 aromatic rings. The summed E-state index contributed by atoms with van der Waals surface area (Å²) in [6.07, 6.45) is 8.83. The molecule has 1 atom stereocenters. The Morgan fingerprint density at radius 2 is 2.04 bits per heavy atom.